The van der Waals surface area contributed by atoms with Crippen LogP contribution in [0.2, 0.25) is 0 Å². The molecule has 23 heavy (non-hydrogen) atoms. The molecule has 0 spiro atoms. The lowest BCUT2D eigenvalue weighted by Gasteiger charge is -2.12. The van der Waals surface area contributed by atoms with Crippen molar-refractivity contribution in [2.75, 3.05) is 14.2 Å². The molecule has 0 unspecified atom stereocenters. The first-order valence-corrected chi connectivity index (χ1v) is 7.77. The summed E-state index contributed by atoms with van der Waals surface area (Å²) in [6, 6.07) is 5.60. The standard InChI is InChI=1S/C17H21N3O3/c1-22-14-7-5-6-12(16(14)23-2)10-18-17(21)13-11-20-9-4-3-8-15(20)19-13/h5-7,11H,3-4,8-10H2,1-2H3,(H,18,21). The van der Waals surface area contributed by atoms with E-state index in [-0.39, 0.29) is 5.91 Å². The number of para-hydroxylation sites is 1. The fourth-order valence-electron chi connectivity index (χ4n) is 2.88. The number of hydrogen-bond acceptors (Lipinski definition) is 4. The van der Waals surface area contributed by atoms with Crippen molar-refractivity contribution in [1.29, 1.82) is 0 Å². The van der Waals surface area contributed by atoms with E-state index in [1.54, 1.807) is 14.2 Å². The minimum Gasteiger partial charge on any atom is -0.493 e. The van der Waals surface area contributed by atoms with E-state index in [0.717, 1.165) is 37.2 Å². The van der Waals surface area contributed by atoms with Crippen LogP contribution in [0.15, 0.2) is 24.4 Å². The molecule has 0 bridgehead atoms. The van der Waals surface area contributed by atoms with Crippen LogP contribution in [-0.2, 0) is 19.5 Å². The maximum absolute atomic E-state index is 12.3. The molecule has 2 aromatic rings. The van der Waals surface area contributed by atoms with Crippen LogP contribution in [0, 0.1) is 0 Å². The van der Waals surface area contributed by atoms with Gasteiger partial charge in [-0.15, -0.1) is 0 Å². The molecule has 0 radical (unpaired) electrons. The van der Waals surface area contributed by atoms with Gasteiger partial charge in [-0.3, -0.25) is 4.79 Å². The van der Waals surface area contributed by atoms with Crippen molar-refractivity contribution in [2.45, 2.75) is 32.4 Å². The number of carbonyl (C=O) groups excluding carboxylic acids is 1. The number of amides is 1. The van der Waals surface area contributed by atoms with Crippen LogP contribution in [0.3, 0.4) is 0 Å². The molecule has 0 atom stereocenters. The number of methoxy groups -OCH3 is 2. The second-order valence-corrected chi connectivity index (χ2v) is 5.53. The molecule has 0 saturated heterocycles. The van der Waals surface area contributed by atoms with Gasteiger partial charge < -0.3 is 19.4 Å². The second kappa shape index (κ2) is 6.73. The van der Waals surface area contributed by atoms with Crippen molar-refractivity contribution in [1.82, 2.24) is 14.9 Å². The lowest BCUT2D eigenvalue weighted by Crippen LogP contribution is -2.23. The molecule has 1 aliphatic rings. The number of rotatable bonds is 5. The highest BCUT2D eigenvalue weighted by Crippen LogP contribution is 2.30. The third kappa shape index (κ3) is 3.16. The number of imidazole rings is 1. The van der Waals surface area contributed by atoms with E-state index in [1.165, 1.54) is 0 Å². The lowest BCUT2D eigenvalue weighted by molar-refractivity contribution is 0.0946. The molecule has 0 fully saturated rings. The third-order valence-corrected chi connectivity index (χ3v) is 4.07. The number of hydrogen-bond donors (Lipinski definition) is 1. The van der Waals surface area contributed by atoms with Crippen LogP contribution in [0.1, 0.15) is 34.7 Å². The molecular formula is C17H21N3O3. The van der Waals surface area contributed by atoms with Gasteiger partial charge in [-0.1, -0.05) is 12.1 Å². The van der Waals surface area contributed by atoms with Gasteiger partial charge in [-0.25, -0.2) is 4.98 Å². The molecule has 1 aliphatic heterocycles. The largest absolute Gasteiger partial charge is 0.493 e. The van der Waals surface area contributed by atoms with E-state index in [0.29, 0.717) is 23.7 Å². The Labute approximate surface area is 135 Å². The summed E-state index contributed by atoms with van der Waals surface area (Å²) in [5.41, 5.74) is 1.34. The molecular weight excluding hydrogens is 294 g/mol. The predicted octanol–water partition coefficient (Wildman–Crippen LogP) is 2.17. The van der Waals surface area contributed by atoms with Gasteiger partial charge >= 0.3 is 0 Å². The summed E-state index contributed by atoms with van der Waals surface area (Å²) in [5, 5.41) is 2.90. The highest BCUT2D eigenvalue weighted by atomic mass is 16.5. The molecule has 0 saturated carbocycles. The molecule has 2 heterocycles. The van der Waals surface area contributed by atoms with Gasteiger partial charge in [0.05, 0.1) is 14.2 Å². The molecule has 1 aromatic carbocycles. The molecule has 0 aliphatic carbocycles. The molecule has 6 heteroatoms. The van der Waals surface area contributed by atoms with Gasteiger partial charge in [-0.2, -0.15) is 0 Å². The number of aryl methyl sites for hydroxylation is 2. The molecule has 6 nitrogen and oxygen atoms in total. The van der Waals surface area contributed by atoms with Crippen LogP contribution < -0.4 is 14.8 Å². The highest BCUT2D eigenvalue weighted by molar-refractivity contribution is 5.92. The number of nitrogens with zero attached hydrogens (tertiary/aromatic N) is 2. The van der Waals surface area contributed by atoms with Gasteiger partial charge in [0.1, 0.15) is 11.5 Å². The van der Waals surface area contributed by atoms with Crippen LogP contribution in [-0.4, -0.2) is 29.7 Å². The topological polar surface area (TPSA) is 65.4 Å². The van der Waals surface area contributed by atoms with Crippen molar-refractivity contribution in [2.24, 2.45) is 0 Å². The predicted molar refractivity (Wildman–Crippen MR) is 85.9 cm³/mol. The van der Waals surface area contributed by atoms with Crippen LogP contribution in [0.5, 0.6) is 11.5 Å². The summed E-state index contributed by atoms with van der Waals surface area (Å²) in [4.78, 5) is 16.8. The number of aromatic nitrogens is 2. The van der Waals surface area contributed by atoms with Gasteiger partial charge in [-0.05, 0) is 18.9 Å². The maximum atomic E-state index is 12.3. The maximum Gasteiger partial charge on any atom is 0.271 e. The SMILES string of the molecule is COc1cccc(CNC(=O)c2cn3c(n2)CCCC3)c1OC. The van der Waals surface area contributed by atoms with Crippen molar-refractivity contribution < 1.29 is 14.3 Å². The van der Waals surface area contributed by atoms with E-state index in [1.807, 2.05) is 24.4 Å². The minimum atomic E-state index is -0.170. The van der Waals surface area contributed by atoms with Crippen LogP contribution >= 0.6 is 0 Å². The lowest BCUT2D eigenvalue weighted by atomic mass is 10.2. The monoisotopic (exact) mass is 315 g/mol. The average Bonchev–Trinajstić information content (AvgIpc) is 3.03. The Morgan fingerprint density at radius 1 is 1.30 bits per heavy atom. The fraction of sp³-hybridized carbons (Fsp3) is 0.412. The summed E-state index contributed by atoms with van der Waals surface area (Å²) < 4.78 is 12.7. The molecule has 1 N–H and O–H groups in total. The van der Waals surface area contributed by atoms with E-state index < -0.39 is 0 Å². The fourth-order valence-corrected chi connectivity index (χ4v) is 2.88. The van der Waals surface area contributed by atoms with Crippen molar-refractivity contribution in [3.05, 3.63) is 41.5 Å². The summed E-state index contributed by atoms with van der Waals surface area (Å²) in [5.74, 6) is 2.12. The first-order chi connectivity index (χ1) is 11.2. The molecule has 1 amide bonds. The number of fused-ring (bicyclic) bond motifs is 1. The van der Waals surface area contributed by atoms with Crippen molar-refractivity contribution in [3.8, 4) is 11.5 Å². The van der Waals surface area contributed by atoms with Gasteiger partial charge in [0, 0.05) is 31.3 Å². The first-order valence-electron chi connectivity index (χ1n) is 7.77. The zero-order chi connectivity index (χ0) is 16.2. The zero-order valence-electron chi connectivity index (χ0n) is 13.5. The van der Waals surface area contributed by atoms with Gasteiger partial charge in [0.15, 0.2) is 11.5 Å². The third-order valence-electron chi connectivity index (χ3n) is 4.07. The van der Waals surface area contributed by atoms with E-state index >= 15 is 0 Å². The Kier molecular flexibility index (Phi) is 4.50. The normalized spacial score (nSPS) is 13.3. The van der Waals surface area contributed by atoms with Crippen LogP contribution in [0.25, 0.3) is 0 Å². The summed E-state index contributed by atoms with van der Waals surface area (Å²) in [6.45, 7) is 1.31. The molecule has 1 aromatic heterocycles. The molecule has 3 rings (SSSR count). The van der Waals surface area contributed by atoms with E-state index in [9.17, 15) is 4.79 Å². The van der Waals surface area contributed by atoms with Crippen molar-refractivity contribution in [3.63, 3.8) is 0 Å². The van der Waals surface area contributed by atoms with Crippen molar-refractivity contribution >= 4 is 5.91 Å². The average molecular weight is 315 g/mol. The number of nitrogens with one attached hydrogen (secondary N) is 1. The summed E-state index contributed by atoms with van der Waals surface area (Å²) >= 11 is 0. The smallest absolute Gasteiger partial charge is 0.271 e. The Bertz CT molecular complexity index is 686. The van der Waals surface area contributed by atoms with E-state index in [4.69, 9.17) is 9.47 Å². The number of carbonyl (C=O) groups is 1. The highest BCUT2D eigenvalue weighted by Gasteiger charge is 2.17. The zero-order valence-corrected chi connectivity index (χ0v) is 13.5. The molecule has 122 valence electrons. The second-order valence-electron chi connectivity index (χ2n) is 5.53. The Morgan fingerprint density at radius 2 is 2.17 bits per heavy atom. The Hall–Kier alpha value is -2.50. The minimum absolute atomic E-state index is 0.170. The van der Waals surface area contributed by atoms with Gasteiger partial charge in [0.2, 0.25) is 0 Å². The first kappa shape index (κ1) is 15.4. The summed E-state index contributed by atoms with van der Waals surface area (Å²) in [7, 11) is 3.18. The summed E-state index contributed by atoms with van der Waals surface area (Å²) in [6.07, 6.45) is 5.06. The van der Waals surface area contributed by atoms with Crippen LogP contribution in [0.4, 0.5) is 0 Å². The quantitative estimate of drug-likeness (QED) is 0.918. The Balaban J connectivity index is 1.71. The number of ether oxygens (including phenoxy) is 2. The van der Waals surface area contributed by atoms with E-state index in [2.05, 4.69) is 14.9 Å². The Morgan fingerprint density at radius 3 is 2.91 bits per heavy atom. The van der Waals surface area contributed by atoms with Gasteiger partial charge in [0.25, 0.3) is 5.91 Å². The number of benzene rings is 1.